The molecular weight excluding hydrogens is 204 g/mol. The number of piperidine rings is 1. The van der Waals surface area contributed by atoms with Crippen molar-refractivity contribution in [2.75, 3.05) is 13.1 Å². The Morgan fingerprint density at radius 1 is 1.53 bits per heavy atom. The quantitative estimate of drug-likeness (QED) is 0.852. The van der Waals surface area contributed by atoms with Gasteiger partial charge in [-0.2, -0.15) is 11.3 Å². The summed E-state index contributed by atoms with van der Waals surface area (Å²) in [5.41, 5.74) is 7.38. The van der Waals surface area contributed by atoms with E-state index in [1.54, 1.807) is 11.3 Å². The van der Waals surface area contributed by atoms with E-state index >= 15 is 0 Å². The van der Waals surface area contributed by atoms with Gasteiger partial charge in [-0.1, -0.05) is 0 Å². The average molecular weight is 224 g/mol. The van der Waals surface area contributed by atoms with Crippen LogP contribution in [0.15, 0.2) is 16.8 Å². The maximum atomic E-state index is 5.91. The summed E-state index contributed by atoms with van der Waals surface area (Å²) >= 11 is 1.79. The molecule has 1 aromatic rings. The van der Waals surface area contributed by atoms with E-state index in [-0.39, 0.29) is 0 Å². The molecule has 0 aliphatic carbocycles. The van der Waals surface area contributed by atoms with Crippen LogP contribution in [0.1, 0.15) is 25.3 Å². The zero-order valence-corrected chi connectivity index (χ0v) is 10.2. The van der Waals surface area contributed by atoms with Crippen LogP contribution in [-0.4, -0.2) is 30.1 Å². The van der Waals surface area contributed by atoms with Crippen LogP contribution in [0.25, 0.3) is 0 Å². The molecule has 0 aromatic carbocycles. The fourth-order valence-electron chi connectivity index (χ4n) is 2.24. The second-order valence-corrected chi connectivity index (χ2v) is 5.34. The highest BCUT2D eigenvalue weighted by molar-refractivity contribution is 7.07. The summed E-state index contributed by atoms with van der Waals surface area (Å²) in [5.74, 6) is 0. The largest absolute Gasteiger partial charge is 0.328 e. The van der Waals surface area contributed by atoms with Gasteiger partial charge in [0, 0.05) is 12.1 Å². The van der Waals surface area contributed by atoms with Crippen LogP contribution in [0.3, 0.4) is 0 Å². The second-order valence-electron chi connectivity index (χ2n) is 4.56. The molecule has 0 saturated carbocycles. The monoisotopic (exact) mass is 224 g/mol. The SMILES string of the molecule is CC(Cc1ccsc1)N1CCC(N)CC1. The molecule has 2 rings (SSSR count). The van der Waals surface area contributed by atoms with E-state index in [1.807, 2.05) is 0 Å². The molecule has 2 nitrogen and oxygen atoms in total. The molecule has 2 heterocycles. The molecule has 1 fully saturated rings. The molecule has 1 saturated heterocycles. The fourth-order valence-corrected chi connectivity index (χ4v) is 2.92. The summed E-state index contributed by atoms with van der Waals surface area (Å²) in [4.78, 5) is 2.57. The van der Waals surface area contributed by atoms with Gasteiger partial charge in [-0.25, -0.2) is 0 Å². The van der Waals surface area contributed by atoms with Crippen LogP contribution in [0.5, 0.6) is 0 Å². The molecule has 1 atom stereocenters. The first-order valence-corrected chi connectivity index (χ1v) is 6.70. The minimum absolute atomic E-state index is 0.439. The van der Waals surface area contributed by atoms with Gasteiger partial charge < -0.3 is 10.6 Å². The summed E-state index contributed by atoms with van der Waals surface area (Å²) in [7, 11) is 0. The fraction of sp³-hybridized carbons (Fsp3) is 0.667. The van der Waals surface area contributed by atoms with Gasteiger partial charge in [0.05, 0.1) is 0 Å². The summed E-state index contributed by atoms with van der Waals surface area (Å²) in [6, 6.07) is 3.33. The Balaban J connectivity index is 1.83. The van der Waals surface area contributed by atoms with Gasteiger partial charge >= 0.3 is 0 Å². The Hall–Kier alpha value is -0.380. The number of likely N-dealkylation sites (tertiary alicyclic amines) is 1. The third kappa shape index (κ3) is 3.03. The molecule has 0 spiro atoms. The Morgan fingerprint density at radius 3 is 2.87 bits per heavy atom. The van der Waals surface area contributed by atoms with E-state index in [4.69, 9.17) is 5.73 Å². The van der Waals surface area contributed by atoms with Gasteiger partial charge in [0.25, 0.3) is 0 Å². The van der Waals surface area contributed by atoms with Crippen molar-refractivity contribution >= 4 is 11.3 Å². The Kier molecular flexibility index (Phi) is 3.78. The van der Waals surface area contributed by atoms with Crippen LogP contribution in [-0.2, 0) is 6.42 Å². The molecular formula is C12H20N2S. The molecule has 1 aromatic heterocycles. The third-order valence-corrected chi connectivity index (χ3v) is 4.04. The Bertz CT molecular complexity index is 276. The van der Waals surface area contributed by atoms with Crippen molar-refractivity contribution in [3.8, 4) is 0 Å². The smallest absolute Gasteiger partial charge is 0.0108 e. The number of rotatable bonds is 3. The van der Waals surface area contributed by atoms with Gasteiger partial charge in [0.2, 0.25) is 0 Å². The standard InChI is InChI=1S/C12H20N2S/c1-10(8-11-4-7-15-9-11)14-5-2-12(13)3-6-14/h4,7,9-10,12H,2-3,5-6,8,13H2,1H3. The molecule has 1 aliphatic rings. The highest BCUT2D eigenvalue weighted by Crippen LogP contribution is 2.16. The molecule has 1 unspecified atom stereocenters. The first-order valence-electron chi connectivity index (χ1n) is 5.76. The van der Waals surface area contributed by atoms with Crippen molar-refractivity contribution in [3.05, 3.63) is 22.4 Å². The molecule has 84 valence electrons. The maximum absolute atomic E-state index is 5.91. The van der Waals surface area contributed by atoms with Gasteiger partial charge in [-0.3, -0.25) is 0 Å². The third-order valence-electron chi connectivity index (χ3n) is 3.31. The molecule has 0 radical (unpaired) electrons. The van der Waals surface area contributed by atoms with E-state index in [9.17, 15) is 0 Å². The number of nitrogens with zero attached hydrogens (tertiary/aromatic N) is 1. The summed E-state index contributed by atoms with van der Waals surface area (Å²) in [6.45, 7) is 4.67. The first kappa shape index (κ1) is 11.1. The first-order chi connectivity index (χ1) is 7.25. The molecule has 15 heavy (non-hydrogen) atoms. The van der Waals surface area contributed by atoms with E-state index in [0.29, 0.717) is 12.1 Å². The predicted molar refractivity (Wildman–Crippen MR) is 66.3 cm³/mol. The van der Waals surface area contributed by atoms with Gasteiger partial charge in [0.1, 0.15) is 0 Å². The van der Waals surface area contributed by atoms with E-state index in [2.05, 4.69) is 28.7 Å². The van der Waals surface area contributed by atoms with Crippen molar-refractivity contribution in [1.82, 2.24) is 4.90 Å². The number of hydrogen-bond donors (Lipinski definition) is 1. The van der Waals surface area contributed by atoms with Crippen LogP contribution >= 0.6 is 11.3 Å². The molecule has 3 heteroatoms. The summed E-state index contributed by atoms with van der Waals surface area (Å²) < 4.78 is 0. The molecule has 2 N–H and O–H groups in total. The zero-order valence-electron chi connectivity index (χ0n) is 9.36. The van der Waals surface area contributed by atoms with Crippen LogP contribution in [0, 0.1) is 0 Å². The van der Waals surface area contributed by atoms with Crippen LogP contribution in [0.4, 0.5) is 0 Å². The minimum atomic E-state index is 0.439. The van der Waals surface area contributed by atoms with Crippen molar-refractivity contribution in [1.29, 1.82) is 0 Å². The van der Waals surface area contributed by atoms with Crippen LogP contribution in [0.2, 0.25) is 0 Å². The molecule has 0 amide bonds. The number of thiophene rings is 1. The normalized spacial score (nSPS) is 21.7. The zero-order chi connectivity index (χ0) is 10.7. The lowest BCUT2D eigenvalue weighted by atomic mass is 10.0. The van der Waals surface area contributed by atoms with E-state index < -0.39 is 0 Å². The molecule has 0 bridgehead atoms. The number of hydrogen-bond acceptors (Lipinski definition) is 3. The minimum Gasteiger partial charge on any atom is -0.328 e. The summed E-state index contributed by atoms with van der Waals surface area (Å²) in [5, 5.41) is 4.42. The highest BCUT2D eigenvalue weighted by Gasteiger charge is 2.20. The number of nitrogens with two attached hydrogens (primary N) is 1. The van der Waals surface area contributed by atoms with Crippen LogP contribution < -0.4 is 5.73 Å². The Morgan fingerprint density at radius 2 is 2.27 bits per heavy atom. The summed E-state index contributed by atoms with van der Waals surface area (Å²) in [6.07, 6.45) is 3.50. The lowest BCUT2D eigenvalue weighted by molar-refractivity contribution is 0.162. The van der Waals surface area contributed by atoms with E-state index in [0.717, 1.165) is 12.8 Å². The van der Waals surface area contributed by atoms with Crippen molar-refractivity contribution in [2.24, 2.45) is 5.73 Å². The van der Waals surface area contributed by atoms with Crippen molar-refractivity contribution in [3.63, 3.8) is 0 Å². The topological polar surface area (TPSA) is 29.3 Å². The maximum Gasteiger partial charge on any atom is 0.0108 e. The van der Waals surface area contributed by atoms with Gasteiger partial charge in [-0.05, 0) is 61.7 Å². The second kappa shape index (κ2) is 5.10. The lowest BCUT2D eigenvalue weighted by Crippen LogP contribution is -2.44. The van der Waals surface area contributed by atoms with Crippen molar-refractivity contribution < 1.29 is 0 Å². The lowest BCUT2D eigenvalue weighted by Gasteiger charge is -2.34. The van der Waals surface area contributed by atoms with Crippen molar-refractivity contribution in [2.45, 2.75) is 38.3 Å². The van der Waals surface area contributed by atoms with Gasteiger partial charge in [0.15, 0.2) is 0 Å². The average Bonchev–Trinajstić information content (AvgIpc) is 2.71. The predicted octanol–water partition coefficient (Wildman–Crippen LogP) is 2.10. The van der Waals surface area contributed by atoms with Gasteiger partial charge in [-0.15, -0.1) is 0 Å². The Labute approximate surface area is 96.1 Å². The molecule has 1 aliphatic heterocycles. The van der Waals surface area contributed by atoms with E-state index in [1.165, 1.54) is 25.1 Å². The highest BCUT2D eigenvalue weighted by atomic mass is 32.1.